The first-order chi connectivity index (χ1) is 9.20. The molecule has 0 bridgehead atoms. The molecule has 1 fully saturated rings. The van der Waals surface area contributed by atoms with E-state index in [2.05, 4.69) is 10.1 Å². The number of hydrogen-bond acceptors (Lipinski definition) is 3. The number of nitrogens with two attached hydrogens (primary N) is 1. The van der Waals surface area contributed by atoms with Crippen LogP contribution in [-0.4, -0.2) is 28.5 Å². The Bertz CT molecular complexity index is 444. The smallest absolute Gasteiger partial charge is 0.153 e. The molecular formula is C14H20ClN3O. The average molecular weight is 282 g/mol. The third kappa shape index (κ3) is 3.85. The van der Waals surface area contributed by atoms with E-state index < -0.39 is 0 Å². The molecule has 2 rings (SSSR count). The number of hydrogen-bond donors (Lipinski definition) is 2. The SMILES string of the molecule is NC(CN(Cc1ccccc1Cl)C1CCCC1)=NO. The van der Waals surface area contributed by atoms with Crippen LogP contribution in [0.25, 0.3) is 0 Å². The number of benzene rings is 1. The zero-order valence-corrected chi connectivity index (χ0v) is 11.7. The fourth-order valence-electron chi connectivity index (χ4n) is 2.67. The van der Waals surface area contributed by atoms with E-state index in [-0.39, 0.29) is 5.84 Å². The summed E-state index contributed by atoms with van der Waals surface area (Å²) in [6.07, 6.45) is 4.84. The number of nitrogens with zero attached hydrogens (tertiary/aromatic N) is 2. The van der Waals surface area contributed by atoms with Crippen molar-refractivity contribution in [2.24, 2.45) is 10.9 Å². The summed E-state index contributed by atoms with van der Waals surface area (Å²) >= 11 is 6.21. The van der Waals surface area contributed by atoms with Gasteiger partial charge in [-0.05, 0) is 24.5 Å². The summed E-state index contributed by atoms with van der Waals surface area (Å²) in [6.45, 7) is 1.22. The molecule has 1 saturated carbocycles. The predicted molar refractivity (Wildman–Crippen MR) is 77.5 cm³/mol. The van der Waals surface area contributed by atoms with Crippen molar-refractivity contribution in [1.29, 1.82) is 0 Å². The van der Waals surface area contributed by atoms with Gasteiger partial charge in [-0.15, -0.1) is 0 Å². The molecule has 0 spiro atoms. The van der Waals surface area contributed by atoms with Gasteiger partial charge in [0.2, 0.25) is 0 Å². The summed E-state index contributed by atoms with van der Waals surface area (Å²) in [6, 6.07) is 8.33. The lowest BCUT2D eigenvalue weighted by molar-refractivity contribution is 0.214. The van der Waals surface area contributed by atoms with Crippen LogP contribution in [0.4, 0.5) is 0 Å². The molecular weight excluding hydrogens is 262 g/mol. The van der Waals surface area contributed by atoms with Crippen molar-refractivity contribution in [3.8, 4) is 0 Å². The Labute approximate surface area is 118 Å². The van der Waals surface area contributed by atoms with E-state index in [1.807, 2.05) is 24.3 Å². The first kappa shape index (κ1) is 14.2. The molecule has 104 valence electrons. The maximum Gasteiger partial charge on any atom is 0.153 e. The van der Waals surface area contributed by atoms with Gasteiger partial charge in [0.05, 0.1) is 6.54 Å². The molecule has 0 aromatic heterocycles. The van der Waals surface area contributed by atoms with Gasteiger partial charge in [-0.1, -0.05) is 47.8 Å². The second-order valence-electron chi connectivity index (χ2n) is 5.03. The van der Waals surface area contributed by atoms with Gasteiger partial charge in [0.1, 0.15) is 0 Å². The van der Waals surface area contributed by atoms with E-state index in [4.69, 9.17) is 22.5 Å². The highest BCUT2D eigenvalue weighted by Crippen LogP contribution is 2.26. The molecule has 0 aliphatic heterocycles. The minimum absolute atomic E-state index is 0.249. The van der Waals surface area contributed by atoms with Gasteiger partial charge >= 0.3 is 0 Å². The molecule has 1 aromatic carbocycles. The number of halogens is 1. The second-order valence-corrected chi connectivity index (χ2v) is 5.43. The highest BCUT2D eigenvalue weighted by molar-refractivity contribution is 6.31. The van der Waals surface area contributed by atoms with Crippen LogP contribution < -0.4 is 5.73 Å². The molecule has 4 nitrogen and oxygen atoms in total. The summed E-state index contributed by atoms with van der Waals surface area (Å²) in [4.78, 5) is 2.25. The Kier molecular flexibility index (Phi) is 5.05. The highest BCUT2D eigenvalue weighted by Gasteiger charge is 2.23. The van der Waals surface area contributed by atoms with Crippen LogP contribution in [0.1, 0.15) is 31.2 Å². The van der Waals surface area contributed by atoms with E-state index in [1.165, 1.54) is 25.7 Å². The van der Waals surface area contributed by atoms with Crippen molar-refractivity contribution < 1.29 is 5.21 Å². The van der Waals surface area contributed by atoms with Crippen LogP contribution in [0.5, 0.6) is 0 Å². The minimum atomic E-state index is 0.249. The molecule has 0 amide bonds. The Morgan fingerprint density at radius 1 is 1.37 bits per heavy atom. The Morgan fingerprint density at radius 3 is 2.68 bits per heavy atom. The van der Waals surface area contributed by atoms with Gasteiger partial charge in [0.15, 0.2) is 5.84 Å². The van der Waals surface area contributed by atoms with Gasteiger partial charge in [0.25, 0.3) is 0 Å². The van der Waals surface area contributed by atoms with Crippen LogP contribution in [0.15, 0.2) is 29.4 Å². The zero-order chi connectivity index (χ0) is 13.7. The lowest BCUT2D eigenvalue weighted by Gasteiger charge is -2.28. The maximum atomic E-state index is 8.76. The van der Waals surface area contributed by atoms with Crippen LogP contribution in [0, 0.1) is 0 Å². The standard InChI is InChI=1S/C14H20ClN3O/c15-13-8-4-1-5-11(13)9-18(10-14(16)17-19)12-6-2-3-7-12/h1,4-5,8,12,19H,2-3,6-7,9-10H2,(H2,16,17). The van der Waals surface area contributed by atoms with Gasteiger partial charge < -0.3 is 10.9 Å². The molecule has 19 heavy (non-hydrogen) atoms. The largest absolute Gasteiger partial charge is 0.409 e. The van der Waals surface area contributed by atoms with Gasteiger partial charge in [-0.25, -0.2) is 0 Å². The quantitative estimate of drug-likeness (QED) is 0.378. The molecule has 0 heterocycles. The van der Waals surface area contributed by atoms with Crippen LogP contribution in [0.2, 0.25) is 5.02 Å². The molecule has 0 atom stereocenters. The van der Waals surface area contributed by atoms with Crippen molar-refractivity contribution in [1.82, 2.24) is 4.90 Å². The third-order valence-corrected chi connectivity index (χ3v) is 4.03. The summed E-state index contributed by atoms with van der Waals surface area (Å²) < 4.78 is 0. The Hall–Kier alpha value is -1.26. The van der Waals surface area contributed by atoms with Crippen LogP contribution in [-0.2, 0) is 6.54 Å². The molecule has 1 aliphatic rings. The first-order valence-electron chi connectivity index (χ1n) is 6.64. The van der Waals surface area contributed by atoms with E-state index in [9.17, 15) is 0 Å². The highest BCUT2D eigenvalue weighted by atomic mass is 35.5. The van der Waals surface area contributed by atoms with E-state index in [1.54, 1.807) is 0 Å². The lowest BCUT2D eigenvalue weighted by Crippen LogP contribution is -2.39. The Balaban J connectivity index is 2.10. The molecule has 0 radical (unpaired) electrons. The molecule has 1 aromatic rings. The summed E-state index contributed by atoms with van der Waals surface area (Å²) in [7, 11) is 0. The number of amidine groups is 1. The third-order valence-electron chi connectivity index (χ3n) is 3.67. The summed E-state index contributed by atoms with van der Waals surface area (Å²) in [5.74, 6) is 0.249. The monoisotopic (exact) mass is 281 g/mol. The molecule has 3 N–H and O–H groups in total. The summed E-state index contributed by atoms with van der Waals surface area (Å²) in [5.41, 5.74) is 6.74. The molecule has 0 saturated heterocycles. The maximum absolute atomic E-state index is 8.76. The number of oxime groups is 1. The second kappa shape index (κ2) is 6.78. The van der Waals surface area contributed by atoms with Crippen molar-refractivity contribution in [2.75, 3.05) is 6.54 Å². The summed E-state index contributed by atoms with van der Waals surface area (Å²) in [5, 5.41) is 12.6. The number of rotatable bonds is 5. The zero-order valence-electron chi connectivity index (χ0n) is 10.9. The lowest BCUT2D eigenvalue weighted by atomic mass is 10.1. The molecule has 5 heteroatoms. The normalized spacial score (nSPS) is 17.3. The van der Waals surface area contributed by atoms with E-state index in [0.29, 0.717) is 12.6 Å². The van der Waals surface area contributed by atoms with Crippen molar-refractivity contribution in [2.45, 2.75) is 38.3 Å². The van der Waals surface area contributed by atoms with E-state index in [0.717, 1.165) is 17.1 Å². The Morgan fingerprint density at radius 2 is 2.05 bits per heavy atom. The molecule has 0 unspecified atom stereocenters. The van der Waals surface area contributed by atoms with Crippen molar-refractivity contribution in [3.63, 3.8) is 0 Å². The van der Waals surface area contributed by atoms with Crippen molar-refractivity contribution in [3.05, 3.63) is 34.9 Å². The fourth-order valence-corrected chi connectivity index (χ4v) is 2.86. The topological polar surface area (TPSA) is 61.8 Å². The molecule has 1 aliphatic carbocycles. The first-order valence-corrected chi connectivity index (χ1v) is 7.02. The van der Waals surface area contributed by atoms with Crippen LogP contribution >= 0.6 is 11.6 Å². The van der Waals surface area contributed by atoms with Crippen LogP contribution in [0.3, 0.4) is 0 Å². The van der Waals surface area contributed by atoms with E-state index >= 15 is 0 Å². The minimum Gasteiger partial charge on any atom is -0.409 e. The van der Waals surface area contributed by atoms with Gasteiger partial charge in [-0.3, -0.25) is 4.90 Å². The predicted octanol–water partition coefficient (Wildman–Crippen LogP) is 2.83. The van der Waals surface area contributed by atoms with Gasteiger partial charge in [0, 0.05) is 17.6 Å². The van der Waals surface area contributed by atoms with Gasteiger partial charge in [-0.2, -0.15) is 0 Å². The average Bonchev–Trinajstić information content (AvgIpc) is 2.94. The fraction of sp³-hybridized carbons (Fsp3) is 0.500. The van der Waals surface area contributed by atoms with Crippen molar-refractivity contribution >= 4 is 17.4 Å².